The number of allylic oxidation sites excluding steroid dienone is 1. The molecule has 0 atom stereocenters. The van der Waals surface area contributed by atoms with Crippen molar-refractivity contribution in [3.63, 3.8) is 0 Å². The SMILES string of the molecule is CN/C(=C\C(=N)c1ccc(C(F)(F)F)cc1)C(=O)Nc1ccc(F)c(Cl)c1. The van der Waals surface area contributed by atoms with Gasteiger partial charge in [-0.15, -0.1) is 0 Å². The molecule has 0 aromatic heterocycles. The molecule has 0 unspecified atom stereocenters. The van der Waals surface area contributed by atoms with Crippen molar-refractivity contribution in [3.05, 3.63) is 76.2 Å². The van der Waals surface area contributed by atoms with E-state index in [0.29, 0.717) is 0 Å². The van der Waals surface area contributed by atoms with Crippen molar-refractivity contribution in [2.24, 2.45) is 0 Å². The van der Waals surface area contributed by atoms with E-state index in [1.165, 1.54) is 25.3 Å². The minimum absolute atomic E-state index is 0.0136. The van der Waals surface area contributed by atoms with Gasteiger partial charge in [0.15, 0.2) is 0 Å². The Bertz CT molecular complexity index is 892. The summed E-state index contributed by atoms with van der Waals surface area (Å²) in [5.41, 5.74) is -0.564. The highest BCUT2D eigenvalue weighted by Gasteiger charge is 2.30. The summed E-state index contributed by atoms with van der Waals surface area (Å²) in [6, 6.07) is 7.63. The Kier molecular flexibility index (Phi) is 6.22. The Balaban J connectivity index is 2.17. The van der Waals surface area contributed by atoms with Gasteiger partial charge in [0.2, 0.25) is 0 Å². The van der Waals surface area contributed by atoms with Crippen molar-refractivity contribution >= 4 is 28.9 Å². The van der Waals surface area contributed by atoms with E-state index in [2.05, 4.69) is 10.6 Å². The molecule has 0 spiro atoms. The molecule has 0 aliphatic heterocycles. The normalized spacial score (nSPS) is 11.9. The largest absolute Gasteiger partial charge is 0.416 e. The molecule has 9 heteroatoms. The van der Waals surface area contributed by atoms with Crippen LogP contribution in [-0.2, 0) is 11.0 Å². The number of anilines is 1. The van der Waals surface area contributed by atoms with Gasteiger partial charge in [-0.2, -0.15) is 13.2 Å². The number of rotatable bonds is 5. The molecular weight excluding hydrogens is 386 g/mol. The molecule has 0 bridgehead atoms. The third kappa shape index (κ3) is 5.30. The lowest BCUT2D eigenvalue weighted by molar-refractivity contribution is -0.137. The molecule has 142 valence electrons. The van der Waals surface area contributed by atoms with Crippen LogP contribution in [-0.4, -0.2) is 18.7 Å². The number of benzene rings is 2. The summed E-state index contributed by atoms with van der Waals surface area (Å²) >= 11 is 5.65. The van der Waals surface area contributed by atoms with Gasteiger partial charge in [-0.1, -0.05) is 23.7 Å². The van der Waals surface area contributed by atoms with Gasteiger partial charge in [-0.25, -0.2) is 4.39 Å². The van der Waals surface area contributed by atoms with Gasteiger partial charge in [-0.05, 0) is 42.0 Å². The molecule has 2 aromatic rings. The van der Waals surface area contributed by atoms with Crippen LogP contribution in [0.5, 0.6) is 0 Å². The van der Waals surface area contributed by atoms with Crippen LogP contribution in [0.3, 0.4) is 0 Å². The number of carbonyl (C=O) groups is 1. The van der Waals surface area contributed by atoms with E-state index in [1.54, 1.807) is 0 Å². The van der Waals surface area contributed by atoms with E-state index in [0.717, 1.165) is 30.3 Å². The first-order valence-electron chi connectivity index (χ1n) is 7.54. The van der Waals surface area contributed by atoms with E-state index in [9.17, 15) is 22.4 Å². The summed E-state index contributed by atoms with van der Waals surface area (Å²) in [7, 11) is 1.45. The van der Waals surface area contributed by atoms with Gasteiger partial charge < -0.3 is 16.0 Å². The molecule has 0 aliphatic rings. The van der Waals surface area contributed by atoms with Gasteiger partial charge in [0.25, 0.3) is 5.91 Å². The standard InChI is InChI=1S/C18H14ClF4N3O/c1-25-16(17(27)26-12-6-7-14(20)13(19)8-12)9-15(24)10-2-4-11(5-3-10)18(21,22)23/h2-9,24-25H,1H3,(H,26,27)/b16-9-,24-15?. The maximum absolute atomic E-state index is 13.2. The van der Waals surface area contributed by atoms with Crippen LogP contribution in [0.15, 0.2) is 54.2 Å². The molecular formula is C18H14ClF4N3O. The second-order valence-electron chi connectivity index (χ2n) is 5.38. The van der Waals surface area contributed by atoms with E-state index >= 15 is 0 Å². The second-order valence-corrected chi connectivity index (χ2v) is 5.79. The van der Waals surface area contributed by atoms with Gasteiger partial charge in [-0.3, -0.25) is 4.79 Å². The molecule has 0 aliphatic carbocycles. The summed E-state index contributed by atoms with van der Waals surface area (Å²) in [5, 5.41) is 12.9. The van der Waals surface area contributed by atoms with Crippen molar-refractivity contribution in [2.75, 3.05) is 12.4 Å². The van der Waals surface area contributed by atoms with Crippen LogP contribution in [0.25, 0.3) is 0 Å². The first kappa shape index (κ1) is 20.4. The molecule has 0 saturated heterocycles. The zero-order valence-electron chi connectivity index (χ0n) is 13.9. The lowest BCUT2D eigenvalue weighted by atomic mass is 10.1. The van der Waals surface area contributed by atoms with Crippen molar-refractivity contribution < 1.29 is 22.4 Å². The monoisotopic (exact) mass is 399 g/mol. The average molecular weight is 400 g/mol. The molecule has 2 aromatic carbocycles. The van der Waals surface area contributed by atoms with Crippen molar-refractivity contribution in [1.82, 2.24) is 5.32 Å². The zero-order valence-corrected chi connectivity index (χ0v) is 14.7. The summed E-state index contributed by atoms with van der Waals surface area (Å²) in [6.07, 6.45) is -3.30. The Labute approximate surface area is 157 Å². The van der Waals surface area contributed by atoms with Gasteiger partial charge in [0.1, 0.15) is 11.5 Å². The predicted octanol–water partition coefficient (Wildman–Crippen LogP) is 4.61. The molecule has 0 heterocycles. The fraction of sp³-hybridized carbons (Fsp3) is 0.111. The van der Waals surface area contributed by atoms with E-state index < -0.39 is 23.5 Å². The number of halogens is 5. The third-order valence-corrected chi connectivity index (χ3v) is 3.79. The molecule has 0 saturated carbocycles. The highest BCUT2D eigenvalue weighted by Crippen LogP contribution is 2.29. The molecule has 0 radical (unpaired) electrons. The van der Waals surface area contributed by atoms with Crippen molar-refractivity contribution in [1.29, 1.82) is 5.41 Å². The molecule has 0 fully saturated rings. The fourth-order valence-corrected chi connectivity index (χ4v) is 2.27. The highest BCUT2D eigenvalue weighted by atomic mass is 35.5. The summed E-state index contributed by atoms with van der Waals surface area (Å²) in [5.74, 6) is -1.26. The molecule has 3 N–H and O–H groups in total. The van der Waals surface area contributed by atoms with Gasteiger partial charge in [0, 0.05) is 12.7 Å². The highest BCUT2D eigenvalue weighted by molar-refractivity contribution is 6.31. The zero-order chi connectivity index (χ0) is 20.2. The molecule has 1 amide bonds. The Morgan fingerprint density at radius 1 is 1.15 bits per heavy atom. The van der Waals surface area contributed by atoms with Crippen LogP contribution in [0.2, 0.25) is 5.02 Å². The van der Waals surface area contributed by atoms with E-state index in [1.807, 2.05) is 0 Å². The van der Waals surface area contributed by atoms with Crippen LogP contribution < -0.4 is 10.6 Å². The number of hydrogen-bond acceptors (Lipinski definition) is 3. The Hall–Kier alpha value is -2.87. The summed E-state index contributed by atoms with van der Waals surface area (Å²) in [4.78, 5) is 12.3. The topological polar surface area (TPSA) is 65.0 Å². The lowest BCUT2D eigenvalue weighted by Crippen LogP contribution is -2.24. The maximum Gasteiger partial charge on any atom is 0.416 e. The second kappa shape index (κ2) is 8.22. The van der Waals surface area contributed by atoms with Crippen LogP contribution in [0.1, 0.15) is 11.1 Å². The maximum atomic E-state index is 13.2. The number of likely N-dealkylation sites (N-methyl/N-ethyl adjacent to an activating group) is 1. The number of amides is 1. The van der Waals surface area contributed by atoms with Crippen LogP contribution >= 0.6 is 11.6 Å². The first-order valence-corrected chi connectivity index (χ1v) is 7.91. The Morgan fingerprint density at radius 3 is 2.30 bits per heavy atom. The lowest BCUT2D eigenvalue weighted by Gasteiger charge is -2.10. The van der Waals surface area contributed by atoms with Gasteiger partial charge in [0.05, 0.1) is 16.3 Å². The molecule has 27 heavy (non-hydrogen) atoms. The summed E-state index contributed by atoms with van der Waals surface area (Å²) < 4.78 is 50.9. The smallest absolute Gasteiger partial charge is 0.384 e. The third-order valence-electron chi connectivity index (χ3n) is 3.50. The molecule has 2 rings (SSSR count). The summed E-state index contributed by atoms with van der Waals surface area (Å²) in [6.45, 7) is 0. The number of alkyl halides is 3. The Morgan fingerprint density at radius 2 is 1.78 bits per heavy atom. The van der Waals surface area contributed by atoms with Crippen LogP contribution in [0, 0.1) is 11.2 Å². The average Bonchev–Trinajstić information content (AvgIpc) is 2.61. The predicted molar refractivity (Wildman–Crippen MR) is 95.5 cm³/mol. The minimum atomic E-state index is -4.47. The van der Waals surface area contributed by atoms with Crippen molar-refractivity contribution in [3.8, 4) is 0 Å². The quantitative estimate of drug-likeness (QED) is 0.390. The van der Waals surface area contributed by atoms with E-state index in [-0.39, 0.29) is 27.7 Å². The van der Waals surface area contributed by atoms with Crippen molar-refractivity contribution in [2.45, 2.75) is 6.18 Å². The first-order chi connectivity index (χ1) is 12.6. The van der Waals surface area contributed by atoms with Gasteiger partial charge >= 0.3 is 6.18 Å². The number of nitrogens with one attached hydrogen (secondary N) is 3. The number of hydrogen-bond donors (Lipinski definition) is 3. The number of carbonyl (C=O) groups excluding carboxylic acids is 1. The van der Waals surface area contributed by atoms with Crippen LogP contribution in [0.4, 0.5) is 23.2 Å². The fourth-order valence-electron chi connectivity index (χ4n) is 2.09. The minimum Gasteiger partial charge on any atom is -0.384 e. The van der Waals surface area contributed by atoms with E-state index in [4.69, 9.17) is 17.0 Å². The molecule has 4 nitrogen and oxygen atoms in total.